The molecule has 1 heterocycles. The number of hydrogen-bond acceptors (Lipinski definition) is 1. The van der Waals surface area contributed by atoms with Gasteiger partial charge in [-0.2, -0.15) is 0 Å². The van der Waals surface area contributed by atoms with Gasteiger partial charge in [-0.1, -0.05) is 80.0 Å². The summed E-state index contributed by atoms with van der Waals surface area (Å²) in [6, 6.07) is 31.5. The minimum absolute atomic E-state index is 1.06. The number of hydrogen-bond donors (Lipinski definition) is 0. The monoisotopic (exact) mass is 482 g/mol. The number of thiophene rings is 1. The largest absolute Gasteiger partial charge is 0.135 e. The third kappa shape index (κ3) is 4.62. The first-order chi connectivity index (χ1) is 17.7. The average molecular weight is 483 g/mol. The molecule has 0 nitrogen and oxygen atoms in total. The van der Waals surface area contributed by atoms with Crippen molar-refractivity contribution in [2.24, 2.45) is 0 Å². The summed E-state index contributed by atoms with van der Waals surface area (Å²) < 4.78 is 2.69. The highest BCUT2D eigenvalue weighted by Gasteiger charge is 2.09. The zero-order valence-corrected chi connectivity index (χ0v) is 21.8. The van der Waals surface area contributed by atoms with E-state index in [-0.39, 0.29) is 0 Å². The van der Waals surface area contributed by atoms with Crippen LogP contribution in [0.2, 0.25) is 0 Å². The van der Waals surface area contributed by atoms with Crippen LogP contribution in [-0.4, -0.2) is 0 Å². The van der Waals surface area contributed by atoms with Crippen molar-refractivity contribution < 1.29 is 0 Å². The van der Waals surface area contributed by atoms with Gasteiger partial charge in [-0.25, -0.2) is 0 Å². The van der Waals surface area contributed by atoms with E-state index in [1.165, 1.54) is 84.9 Å². The van der Waals surface area contributed by atoms with Crippen molar-refractivity contribution in [3.05, 3.63) is 107 Å². The Morgan fingerprint density at radius 3 is 2.03 bits per heavy atom. The van der Waals surface area contributed by atoms with E-state index in [0.29, 0.717) is 0 Å². The maximum absolute atomic E-state index is 3.39. The standard InChI is InChI=1S/C35H30S/c1-3-4-5-6-7-25-9-11-26(12-10-25)13-14-27-15-17-28-20-32-33-21-30-18-24(2)8-16-29(30)22-34(33)36-35(32)23-31(28)19-27/h8-12,15-23H,3-7H2,1-2H3. The molecule has 0 aliphatic heterocycles. The SMILES string of the molecule is CCCCCCc1ccc(C#Cc2ccc3cc4c(cc3c2)sc2cc3ccc(C)cc3cc24)cc1. The van der Waals surface area contributed by atoms with Crippen LogP contribution in [0.15, 0.2) is 84.9 Å². The van der Waals surface area contributed by atoms with Crippen LogP contribution >= 0.6 is 11.3 Å². The van der Waals surface area contributed by atoms with E-state index in [1.54, 1.807) is 0 Å². The summed E-state index contributed by atoms with van der Waals surface area (Å²) in [4.78, 5) is 0. The molecule has 0 N–H and O–H groups in total. The molecule has 0 unspecified atom stereocenters. The number of unbranched alkanes of at least 4 members (excludes halogenated alkanes) is 3. The van der Waals surface area contributed by atoms with E-state index in [4.69, 9.17) is 0 Å². The molecule has 0 fully saturated rings. The first kappa shape index (κ1) is 22.8. The molecule has 0 aliphatic rings. The Hall–Kier alpha value is -3.60. The molecule has 0 saturated carbocycles. The second kappa shape index (κ2) is 9.81. The Labute approximate surface area is 217 Å². The van der Waals surface area contributed by atoms with Crippen LogP contribution in [0, 0.1) is 18.8 Å². The zero-order chi connectivity index (χ0) is 24.5. The molecule has 6 aromatic rings. The van der Waals surface area contributed by atoms with Crippen LogP contribution in [-0.2, 0) is 6.42 Å². The minimum Gasteiger partial charge on any atom is -0.135 e. The topological polar surface area (TPSA) is 0 Å². The minimum atomic E-state index is 1.06. The summed E-state index contributed by atoms with van der Waals surface area (Å²) in [6.07, 6.45) is 6.39. The summed E-state index contributed by atoms with van der Waals surface area (Å²) in [7, 11) is 0. The Morgan fingerprint density at radius 1 is 0.583 bits per heavy atom. The van der Waals surface area contributed by atoms with E-state index in [9.17, 15) is 0 Å². The Bertz CT molecular complexity index is 1770. The van der Waals surface area contributed by atoms with Crippen LogP contribution < -0.4 is 0 Å². The van der Waals surface area contributed by atoms with Crippen LogP contribution in [0.5, 0.6) is 0 Å². The number of benzene rings is 5. The average Bonchev–Trinajstić information content (AvgIpc) is 3.24. The summed E-state index contributed by atoms with van der Waals surface area (Å²) in [6.45, 7) is 4.42. The molecule has 5 aromatic carbocycles. The summed E-state index contributed by atoms with van der Waals surface area (Å²) >= 11 is 1.89. The van der Waals surface area contributed by atoms with Gasteiger partial charge in [-0.3, -0.25) is 0 Å². The Morgan fingerprint density at radius 2 is 1.22 bits per heavy atom. The molecule has 0 saturated heterocycles. The van der Waals surface area contributed by atoms with Crippen molar-refractivity contribution in [3.8, 4) is 11.8 Å². The van der Waals surface area contributed by atoms with Crippen molar-refractivity contribution in [2.75, 3.05) is 0 Å². The molecule has 1 heteroatoms. The molecule has 0 bridgehead atoms. The summed E-state index contributed by atoms with van der Waals surface area (Å²) in [5.41, 5.74) is 4.86. The van der Waals surface area contributed by atoms with Crippen LogP contribution in [0.4, 0.5) is 0 Å². The first-order valence-corrected chi connectivity index (χ1v) is 13.9. The smallest absolute Gasteiger partial charge is 0.0361 e. The van der Waals surface area contributed by atoms with Crippen LogP contribution in [0.3, 0.4) is 0 Å². The van der Waals surface area contributed by atoms with Gasteiger partial charge in [0.25, 0.3) is 0 Å². The summed E-state index contributed by atoms with van der Waals surface area (Å²) in [5.74, 6) is 6.75. The van der Waals surface area contributed by atoms with Crippen LogP contribution in [0.1, 0.15) is 54.9 Å². The number of fused-ring (bicyclic) bond motifs is 5. The third-order valence-corrected chi connectivity index (χ3v) is 8.28. The lowest BCUT2D eigenvalue weighted by Gasteiger charge is -2.02. The second-order valence-electron chi connectivity index (χ2n) is 9.97. The Kier molecular flexibility index (Phi) is 6.22. The predicted molar refractivity (Wildman–Crippen MR) is 159 cm³/mol. The molecule has 36 heavy (non-hydrogen) atoms. The van der Waals surface area contributed by atoms with E-state index in [2.05, 4.69) is 111 Å². The maximum atomic E-state index is 3.39. The lowest BCUT2D eigenvalue weighted by atomic mass is 10.0. The molecule has 1 aromatic heterocycles. The Balaban J connectivity index is 1.29. The molecule has 0 amide bonds. The van der Waals surface area contributed by atoms with Gasteiger partial charge >= 0.3 is 0 Å². The highest BCUT2D eigenvalue weighted by Crippen LogP contribution is 2.38. The molecular formula is C35H30S. The van der Waals surface area contributed by atoms with Gasteiger partial charge in [0, 0.05) is 31.3 Å². The van der Waals surface area contributed by atoms with Crippen molar-refractivity contribution in [2.45, 2.75) is 46.0 Å². The first-order valence-electron chi connectivity index (χ1n) is 13.1. The highest BCUT2D eigenvalue weighted by atomic mass is 32.1. The van der Waals surface area contributed by atoms with Crippen molar-refractivity contribution >= 4 is 53.1 Å². The van der Waals surface area contributed by atoms with Crippen molar-refractivity contribution in [1.82, 2.24) is 0 Å². The van der Waals surface area contributed by atoms with E-state index in [1.807, 2.05) is 11.3 Å². The molecule has 176 valence electrons. The predicted octanol–water partition coefficient (Wildman–Crippen LogP) is 10.2. The van der Waals surface area contributed by atoms with Gasteiger partial charge in [-0.15, -0.1) is 11.3 Å². The van der Waals surface area contributed by atoms with E-state index in [0.717, 1.165) is 11.1 Å². The van der Waals surface area contributed by atoms with Gasteiger partial charge in [0.05, 0.1) is 0 Å². The molecule has 0 spiro atoms. The third-order valence-electron chi connectivity index (χ3n) is 7.17. The van der Waals surface area contributed by atoms with Gasteiger partial charge < -0.3 is 0 Å². The second-order valence-corrected chi connectivity index (χ2v) is 11.1. The fourth-order valence-corrected chi connectivity index (χ4v) is 6.28. The van der Waals surface area contributed by atoms with Gasteiger partial charge in [0.1, 0.15) is 0 Å². The lowest BCUT2D eigenvalue weighted by molar-refractivity contribution is 0.667. The highest BCUT2D eigenvalue weighted by molar-refractivity contribution is 7.26. The fourth-order valence-electron chi connectivity index (χ4n) is 5.11. The zero-order valence-electron chi connectivity index (χ0n) is 21.0. The molecule has 6 rings (SSSR count). The van der Waals surface area contributed by atoms with Crippen molar-refractivity contribution in [1.29, 1.82) is 0 Å². The normalized spacial score (nSPS) is 11.4. The van der Waals surface area contributed by atoms with Gasteiger partial charge in [-0.05, 0) is 95.4 Å². The molecule has 0 aliphatic carbocycles. The van der Waals surface area contributed by atoms with Gasteiger partial charge in [0.15, 0.2) is 0 Å². The summed E-state index contributed by atoms with van der Waals surface area (Å²) in [5, 5.41) is 7.85. The van der Waals surface area contributed by atoms with E-state index >= 15 is 0 Å². The molecule has 0 radical (unpaired) electrons. The number of aryl methyl sites for hydroxylation is 2. The lowest BCUT2D eigenvalue weighted by Crippen LogP contribution is -1.86. The molecule has 0 atom stereocenters. The maximum Gasteiger partial charge on any atom is 0.0361 e. The van der Waals surface area contributed by atoms with E-state index < -0.39 is 0 Å². The van der Waals surface area contributed by atoms with Crippen molar-refractivity contribution in [3.63, 3.8) is 0 Å². The quantitative estimate of drug-likeness (QED) is 0.169. The van der Waals surface area contributed by atoms with Crippen LogP contribution in [0.25, 0.3) is 41.7 Å². The number of rotatable bonds is 5. The fraction of sp³-hybridized carbons (Fsp3) is 0.200. The molecular weight excluding hydrogens is 452 g/mol. The van der Waals surface area contributed by atoms with Gasteiger partial charge in [0.2, 0.25) is 0 Å².